The van der Waals surface area contributed by atoms with Gasteiger partial charge in [-0.05, 0) is 137 Å². The first-order chi connectivity index (χ1) is 26.3. The molecule has 0 bridgehead atoms. The van der Waals surface area contributed by atoms with Crippen LogP contribution >= 0.6 is 0 Å². The van der Waals surface area contributed by atoms with Gasteiger partial charge < -0.3 is 0 Å². The Bertz CT molecular complexity index is 2430. The lowest BCUT2D eigenvalue weighted by molar-refractivity contribution is -0.138. The molecule has 8 aromatic carbocycles. The van der Waals surface area contributed by atoms with Crippen LogP contribution < -0.4 is 0 Å². The second-order valence-corrected chi connectivity index (χ2v) is 13.3. The average Bonchev–Trinajstić information content (AvgIpc) is 3.15. The summed E-state index contributed by atoms with van der Waals surface area (Å²) in [6.07, 6.45) is -19.0. The van der Waals surface area contributed by atoms with E-state index in [0.29, 0.717) is 32.3 Å². The van der Waals surface area contributed by atoms with E-state index in [1.54, 1.807) is 24.3 Å². The summed E-state index contributed by atoms with van der Waals surface area (Å²) in [7, 11) is 0. The molecule has 0 amide bonds. The Morgan fingerprint density at radius 2 is 0.464 bits per heavy atom. The molecule has 0 aliphatic carbocycles. The Hall–Kier alpha value is -6.04. The molecule has 8 rings (SSSR count). The van der Waals surface area contributed by atoms with Crippen LogP contribution in [0.3, 0.4) is 0 Å². The third-order valence-corrected chi connectivity index (χ3v) is 9.90. The van der Waals surface area contributed by atoms with Crippen molar-refractivity contribution >= 4 is 32.3 Å². The number of benzene rings is 8. The minimum Gasteiger partial charge on any atom is -0.166 e. The van der Waals surface area contributed by atoms with E-state index in [4.69, 9.17) is 0 Å². The molecule has 0 saturated heterocycles. The van der Waals surface area contributed by atoms with Crippen LogP contribution in [0, 0.1) is 0 Å². The number of halogens is 12. The van der Waals surface area contributed by atoms with Crippen molar-refractivity contribution in [3.63, 3.8) is 0 Å². The van der Waals surface area contributed by atoms with Crippen LogP contribution in [0.15, 0.2) is 133 Å². The lowest BCUT2D eigenvalue weighted by Gasteiger charge is -2.22. The molecule has 0 fully saturated rings. The molecule has 0 atom stereocenters. The van der Waals surface area contributed by atoms with Crippen LogP contribution in [0.1, 0.15) is 22.3 Å². The van der Waals surface area contributed by atoms with Crippen LogP contribution in [0.25, 0.3) is 76.8 Å². The highest BCUT2D eigenvalue weighted by Crippen LogP contribution is 2.50. The van der Waals surface area contributed by atoms with Crippen LogP contribution in [-0.4, -0.2) is 0 Å². The molecule has 0 spiro atoms. The van der Waals surface area contributed by atoms with Crippen molar-refractivity contribution in [3.05, 3.63) is 156 Å². The lowest BCUT2D eigenvalue weighted by atomic mass is 9.81. The van der Waals surface area contributed by atoms with Gasteiger partial charge in [-0.2, -0.15) is 52.7 Å². The highest BCUT2D eigenvalue weighted by atomic mass is 19.4. The van der Waals surface area contributed by atoms with Gasteiger partial charge in [0, 0.05) is 0 Å². The summed E-state index contributed by atoms with van der Waals surface area (Å²) >= 11 is 0. The van der Waals surface area contributed by atoms with Gasteiger partial charge in [0.2, 0.25) is 0 Å². The summed E-state index contributed by atoms with van der Waals surface area (Å²) in [5.74, 6) is 0. The van der Waals surface area contributed by atoms with E-state index in [-0.39, 0.29) is 44.5 Å². The molecule has 0 unspecified atom stereocenters. The van der Waals surface area contributed by atoms with E-state index in [0.717, 1.165) is 48.5 Å². The van der Waals surface area contributed by atoms with Crippen molar-refractivity contribution in [2.75, 3.05) is 0 Å². The van der Waals surface area contributed by atoms with Gasteiger partial charge in [0.15, 0.2) is 0 Å². The summed E-state index contributed by atoms with van der Waals surface area (Å²) < 4.78 is 168. The fourth-order valence-corrected chi connectivity index (χ4v) is 7.40. The highest BCUT2D eigenvalue weighted by Gasteiger charge is 2.34. The standard InChI is InChI=1S/C44H22F12/c45-41(46,47)27-9-1-5-23(17-27)35-21-36(24-6-2-10-28(18-24)42(48,49)50)32-15-16-34-38(26-8-4-12-30(20-26)44(54,55)56)22-37(33-14-13-31(35)39(32)40(33)34)25-7-3-11-29(19-25)43(51,52)53/h1-22H. The van der Waals surface area contributed by atoms with Crippen molar-refractivity contribution in [2.24, 2.45) is 0 Å². The second kappa shape index (κ2) is 12.8. The Morgan fingerprint density at radius 3 is 0.661 bits per heavy atom. The maximum absolute atomic E-state index is 14.0. The van der Waals surface area contributed by atoms with Gasteiger partial charge >= 0.3 is 24.7 Å². The number of rotatable bonds is 4. The van der Waals surface area contributed by atoms with Crippen molar-refractivity contribution in [1.82, 2.24) is 0 Å². The Balaban J connectivity index is 1.55. The first-order valence-electron chi connectivity index (χ1n) is 16.8. The van der Waals surface area contributed by atoms with Gasteiger partial charge in [-0.3, -0.25) is 0 Å². The molecule has 0 N–H and O–H groups in total. The maximum atomic E-state index is 14.0. The molecule has 0 radical (unpaired) electrons. The van der Waals surface area contributed by atoms with Crippen LogP contribution in [0.4, 0.5) is 52.7 Å². The fraction of sp³-hybridized carbons (Fsp3) is 0.0909. The predicted molar refractivity (Wildman–Crippen MR) is 192 cm³/mol. The van der Waals surface area contributed by atoms with Crippen molar-refractivity contribution in [1.29, 1.82) is 0 Å². The van der Waals surface area contributed by atoms with Gasteiger partial charge in [0.1, 0.15) is 0 Å². The quantitative estimate of drug-likeness (QED) is 0.123. The third-order valence-electron chi connectivity index (χ3n) is 9.90. The highest BCUT2D eigenvalue weighted by molar-refractivity contribution is 6.32. The van der Waals surface area contributed by atoms with E-state index >= 15 is 0 Å². The largest absolute Gasteiger partial charge is 0.416 e. The molecule has 0 aromatic heterocycles. The van der Waals surface area contributed by atoms with Crippen LogP contribution in [0.2, 0.25) is 0 Å². The van der Waals surface area contributed by atoms with E-state index in [1.165, 1.54) is 60.7 Å². The summed E-state index contributed by atoms with van der Waals surface area (Å²) in [5.41, 5.74) is -2.84. The summed E-state index contributed by atoms with van der Waals surface area (Å²) in [6.45, 7) is 0. The fourth-order valence-electron chi connectivity index (χ4n) is 7.40. The molecule has 282 valence electrons. The zero-order chi connectivity index (χ0) is 39.9. The third kappa shape index (κ3) is 6.46. The Morgan fingerprint density at radius 1 is 0.250 bits per heavy atom. The Kier molecular flexibility index (Phi) is 8.41. The van der Waals surface area contributed by atoms with Crippen molar-refractivity contribution in [2.45, 2.75) is 24.7 Å². The SMILES string of the molecule is FC(F)(F)c1cccc(-c2cc(-c3cccc(C(F)(F)F)c3)c3ccc4c(-c5cccc(C(F)(F)F)c5)cc(-c5cccc(C(F)(F)F)c5)c5ccc2c3c54)c1. The van der Waals surface area contributed by atoms with Gasteiger partial charge in [0.05, 0.1) is 22.3 Å². The molecule has 0 heterocycles. The number of hydrogen-bond donors (Lipinski definition) is 0. The van der Waals surface area contributed by atoms with Gasteiger partial charge in [-0.1, -0.05) is 72.8 Å². The van der Waals surface area contributed by atoms with Gasteiger partial charge in [-0.25, -0.2) is 0 Å². The van der Waals surface area contributed by atoms with E-state index in [9.17, 15) is 52.7 Å². The molecule has 0 aliphatic heterocycles. The van der Waals surface area contributed by atoms with Gasteiger partial charge in [0.25, 0.3) is 0 Å². The normalized spacial score (nSPS) is 13.0. The first-order valence-corrected chi connectivity index (χ1v) is 16.8. The minimum atomic E-state index is -4.75. The van der Waals surface area contributed by atoms with E-state index in [1.807, 2.05) is 0 Å². The molecule has 56 heavy (non-hydrogen) atoms. The lowest BCUT2D eigenvalue weighted by Crippen LogP contribution is -2.05. The summed E-state index contributed by atoms with van der Waals surface area (Å²) in [6, 6.07) is 26.9. The smallest absolute Gasteiger partial charge is 0.166 e. The van der Waals surface area contributed by atoms with Crippen LogP contribution in [-0.2, 0) is 24.7 Å². The average molecular weight is 779 g/mol. The molecule has 0 nitrogen and oxygen atoms in total. The topological polar surface area (TPSA) is 0 Å². The maximum Gasteiger partial charge on any atom is 0.416 e. The minimum absolute atomic E-state index is 0.0715. The number of alkyl halides is 12. The molecular formula is C44H22F12. The van der Waals surface area contributed by atoms with Crippen molar-refractivity contribution < 1.29 is 52.7 Å². The molecule has 0 aliphatic rings. The molecular weight excluding hydrogens is 756 g/mol. The molecule has 12 heteroatoms. The zero-order valence-corrected chi connectivity index (χ0v) is 28.2. The van der Waals surface area contributed by atoms with E-state index in [2.05, 4.69) is 0 Å². The van der Waals surface area contributed by atoms with Gasteiger partial charge in [-0.15, -0.1) is 0 Å². The van der Waals surface area contributed by atoms with E-state index < -0.39 is 47.0 Å². The zero-order valence-electron chi connectivity index (χ0n) is 28.2. The monoisotopic (exact) mass is 778 g/mol. The molecule has 8 aromatic rings. The molecule has 0 saturated carbocycles. The number of hydrogen-bond acceptors (Lipinski definition) is 0. The van der Waals surface area contributed by atoms with Crippen molar-refractivity contribution in [3.8, 4) is 44.5 Å². The summed E-state index contributed by atoms with van der Waals surface area (Å²) in [4.78, 5) is 0. The Labute approximate surface area is 309 Å². The summed E-state index contributed by atoms with van der Waals surface area (Å²) in [5, 5.41) is 2.08. The predicted octanol–water partition coefficient (Wildman–Crippen LogP) is 15.3. The van der Waals surface area contributed by atoms with Crippen LogP contribution in [0.5, 0.6) is 0 Å². The first kappa shape index (κ1) is 36.9. The second-order valence-electron chi connectivity index (χ2n) is 13.3.